The van der Waals surface area contributed by atoms with E-state index in [0.29, 0.717) is 12.2 Å². The highest BCUT2D eigenvalue weighted by Crippen LogP contribution is 2.15. The van der Waals surface area contributed by atoms with Gasteiger partial charge in [-0.05, 0) is 31.0 Å². The summed E-state index contributed by atoms with van der Waals surface area (Å²) < 4.78 is 5.23. The molecule has 3 heteroatoms. The van der Waals surface area contributed by atoms with Gasteiger partial charge in [-0.3, -0.25) is 4.79 Å². The average molecular weight is 275 g/mol. The lowest BCUT2D eigenvalue weighted by Crippen LogP contribution is -2.22. The number of carbonyl (C=O) groups excluding carboxylic acids is 1. The van der Waals surface area contributed by atoms with E-state index in [1.54, 1.807) is 12.1 Å². The minimum Gasteiger partial charge on any atom is -0.425 e. The van der Waals surface area contributed by atoms with Crippen molar-refractivity contribution in [3.63, 3.8) is 0 Å². The molecule has 2 rings (SSSR count). The number of hydrogen-bond donors (Lipinski definition) is 0. The predicted octanol–water partition coefficient (Wildman–Crippen LogP) is 3.75. The second-order valence-corrected chi connectivity index (χ2v) is 4.92. The van der Waals surface area contributed by atoms with Crippen LogP contribution in [0, 0.1) is 6.92 Å². The van der Waals surface area contributed by atoms with Gasteiger partial charge in [-0.2, -0.15) is 0 Å². The van der Waals surface area contributed by atoms with E-state index in [-0.39, 0.29) is 0 Å². The van der Waals surface area contributed by atoms with Gasteiger partial charge in [0, 0.05) is 0 Å². The van der Waals surface area contributed by atoms with Crippen molar-refractivity contribution in [3.8, 4) is 5.75 Å². The minimum atomic E-state index is -0.677. The average Bonchev–Trinajstić information content (AvgIpc) is 2.42. The molecule has 0 aliphatic heterocycles. The van der Waals surface area contributed by atoms with E-state index < -0.39 is 11.3 Å². The zero-order valence-corrected chi connectivity index (χ0v) is 11.4. The quantitative estimate of drug-likeness (QED) is 0.482. The molecule has 2 nitrogen and oxygen atoms in total. The molecule has 0 radical (unpaired) electrons. The SMILES string of the molecule is Cc1ccc(OC(=O)[C@@H](Cl)Cc2ccccc2)cc1. The van der Waals surface area contributed by atoms with Crippen molar-refractivity contribution in [2.45, 2.75) is 18.7 Å². The number of esters is 1. The van der Waals surface area contributed by atoms with Crippen LogP contribution in [0.2, 0.25) is 0 Å². The van der Waals surface area contributed by atoms with Crippen LogP contribution in [0.1, 0.15) is 11.1 Å². The first-order chi connectivity index (χ1) is 9.15. The van der Waals surface area contributed by atoms with Gasteiger partial charge in [0.25, 0.3) is 0 Å². The number of aryl methyl sites for hydroxylation is 1. The highest BCUT2D eigenvalue weighted by atomic mass is 35.5. The molecule has 0 spiro atoms. The van der Waals surface area contributed by atoms with E-state index in [0.717, 1.165) is 11.1 Å². The van der Waals surface area contributed by atoms with Gasteiger partial charge in [0.2, 0.25) is 0 Å². The maximum atomic E-state index is 11.8. The zero-order chi connectivity index (χ0) is 13.7. The molecule has 0 saturated heterocycles. The monoisotopic (exact) mass is 274 g/mol. The smallest absolute Gasteiger partial charge is 0.329 e. The summed E-state index contributed by atoms with van der Waals surface area (Å²) in [5.41, 5.74) is 2.13. The molecule has 0 amide bonds. The molecule has 0 fully saturated rings. The highest BCUT2D eigenvalue weighted by Gasteiger charge is 2.18. The summed E-state index contributed by atoms with van der Waals surface area (Å²) in [5.74, 6) is 0.101. The molecule has 0 heterocycles. The second-order valence-electron chi connectivity index (χ2n) is 4.39. The number of hydrogen-bond acceptors (Lipinski definition) is 2. The Hall–Kier alpha value is -1.80. The molecule has 19 heavy (non-hydrogen) atoms. The van der Waals surface area contributed by atoms with Crippen molar-refractivity contribution >= 4 is 17.6 Å². The maximum Gasteiger partial charge on any atom is 0.329 e. The van der Waals surface area contributed by atoms with Crippen LogP contribution in [0.15, 0.2) is 54.6 Å². The summed E-state index contributed by atoms with van der Waals surface area (Å²) >= 11 is 6.07. The summed E-state index contributed by atoms with van der Waals surface area (Å²) in [6, 6.07) is 17.0. The molecule has 0 unspecified atom stereocenters. The summed E-state index contributed by atoms with van der Waals surface area (Å²) in [6.07, 6.45) is 0.465. The normalized spacial score (nSPS) is 11.9. The Bertz CT molecular complexity index is 534. The fourth-order valence-corrected chi connectivity index (χ4v) is 1.91. The third-order valence-electron chi connectivity index (χ3n) is 2.75. The van der Waals surface area contributed by atoms with Crippen molar-refractivity contribution in [1.82, 2.24) is 0 Å². The van der Waals surface area contributed by atoms with Crippen LogP contribution in [0.4, 0.5) is 0 Å². The Kier molecular flexibility index (Phi) is 4.58. The molecule has 0 aliphatic carbocycles. The highest BCUT2D eigenvalue weighted by molar-refractivity contribution is 6.30. The van der Waals surface area contributed by atoms with E-state index >= 15 is 0 Å². The van der Waals surface area contributed by atoms with E-state index in [4.69, 9.17) is 16.3 Å². The van der Waals surface area contributed by atoms with E-state index in [2.05, 4.69) is 0 Å². The van der Waals surface area contributed by atoms with Gasteiger partial charge >= 0.3 is 5.97 Å². The van der Waals surface area contributed by atoms with E-state index in [1.807, 2.05) is 49.4 Å². The molecule has 2 aromatic rings. The predicted molar refractivity (Wildman–Crippen MR) is 76.6 cm³/mol. The summed E-state index contributed by atoms with van der Waals surface area (Å²) in [5, 5.41) is -0.677. The number of benzene rings is 2. The first-order valence-electron chi connectivity index (χ1n) is 6.11. The van der Waals surface area contributed by atoms with Crippen LogP contribution in [-0.2, 0) is 11.2 Å². The van der Waals surface area contributed by atoms with Gasteiger partial charge in [0.1, 0.15) is 11.1 Å². The first-order valence-corrected chi connectivity index (χ1v) is 6.55. The van der Waals surface area contributed by atoms with Crippen molar-refractivity contribution in [2.24, 2.45) is 0 Å². The molecule has 0 aromatic heterocycles. The Morgan fingerprint density at radius 3 is 2.37 bits per heavy atom. The number of halogens is 1. The van der Waals surface area contributed by atoms with Crippen molar-refractivity contribution < 1.29 is 9.53 Å². The Morgan fingerprint density at radius 2 is 1.74 bits per heavy atom. The molecular weight excluding hydrogens is 260 g/mol. The first kappa shape index (κ1) is 13.6. The molecule has 0 bridgehead atoms. The van der Waals surface area contributed by atoms with Gasteiger partial charge in [-0.15, -0.1) is 11.6 Å². The van der Waals surface area contributed by atoms with E-state index in [1.165, 1.54) is 0 Å². The third kappa shape index (κ3) is 4.11. The Morgan fingerprint density at radius 1 is 1.11 bits per heavy atom. The summed E-state index contributed by atoms with van der Waals surface area (Å²) in [7, 11) is 0. The molecule has 98 valence electrons. The summed E-state index contributed by atoms with van der Waals surface area (Å²) in [4.78, 5) is 11.8. The zero-order valence-electron chi connectivity index (χ0n) is 10.7. The van der Waals surface area contributed by atoms with Gasteiger partial charge in [-0.25, -0.2) is 0 Å². The van der Waals surface area contributed by atoms with Crippen LogP contribution in [0.25, 0.3) is 0 Å². The van der Waals surface area contributed by atoms with Crippen LogP contribution >= 0.6 is 11.6 Å². The molecule has 0 saturated carbocycles. The minimum absolute atomic E-state index is 0.422. The molecular formula is C16H15ClO2. The molecule has 0 N–H and O–H groups in total. The fraction of sp³-hybridized carbons (Fsp3) is 0.188. The van der Waals surface area contributed by atoms with Gasteiger partial charge in [0.05, 0.1) is 0 Å². The number of carbonyl (C=O) groups is 1. The Labute approximate surface area is 118 Å². The van der Waals surface area contributed by atoms with Gasteiger partial charge in [0.15, 0.2) is 0 Å². The van der Waals surface area contributed by atoms with Crippen LogP contribution in [0.3, 0.4) is 0 Å². The van der Waals surface area contributed by atoms with Crippen molar-refractivity contribution in [1.29, 1.82) is 0 Å². The van der Waals surface area contributed by atoms with Crippen molar-refractivity contribution in [2.75, 3.05) is 0 Å². The molecule has 1 atom stereocenters. The standard InChI is InChI=1S/C16H15ClO2/c1-12-7-9-14(10-8-12)19-16(18)15(17)11-13-5-3-2-4-6-13/h2-10,15H,11H2,1H3/t15-/m0/s1. The lowest BCUT2D eigenvalue weighted by Gasteiger charge is -2.09. The lowest BCUT2D eigenvalue weighted by molar-refractivity contribution is -0.133. The van der Waals surface area contributed by atoms with Crippen molar-refractivity contribution in [3.05, 3.63) is 65.7 Å². The van der Waals surface area contributed by atoms with Crippen LogP contribution in [0.5, 0.6) is 5.75 Å². The second kappa shape index (κ2) is 6.39. The van der Waals surface area contributed by atoms with Gasteiger partial charge in [-0.1, -0.05) is 48.0 Å². The Balaban J connectivity index is 1.94. The topological polar surface area (TPSA) is 26.3 Å². The molecule has 0 aliphatic rings. The number of rotatable bonds is 4. The molecule has 2 aromatic carbocycles. The lowest BCUT2D eigenvalue weighted by atomic mass is 10.1. The summed E-state index contributed by atoms with van der Waals surface area (Å²) in [6.45, 7) is 1.98. The maximum absolute atomic E-state index is 11.8. The van der Waals surface area contributed by atoms with Crippen LogP contribution < -0.4 is 4.74 Å². The number of ether oxygens (including phenoxy) is 1. The van der Waals surface area contributed by atoms with Crippen LogP contribution in [-0.4, -0.2) is 11.3 Å². The largest absolute Gasteiger partial charge is 0.425 e. The fourth-order valence-electron chi connectivity index (χ4n) is 1.69. The third-order valence-corrected chi connectivity index (χ3v) is 3.09. The van der Waals surface area contributed by atoms with E-state index in [9.17, 15) is 4.79 Å². The van der Waals surface area contributed by atoms with Gasteiger partial charge < -0.3 is 4.74 Å². The number of alkyl halides is 1.